The van der Waals surface area contributed by atoms with Gasteiger partial charge in [-0.15, -0.1) is 0 Å². The Labute approximate surface area is 163 Å². The molecule has 2 saturated heterocycles. The Morgan fingerprint density at radius 3 is 2.96 bits per heavy atom. The van der Waals surface area contributed by atoms with Crippen LogP contribution in [0.3, 0.4) is 0 Å². The summed E-state index contributed by atoms with van der Waals surface area (Å²) in [5.74, 6) is 1.14. The summed E-state index contributed by atoms with van der Waals surface area (Å²) in [6, 6.07) is 5.43. The second-order valence-corrected chi connectivity index (χ2v) is 7.38. The number of nitrogens with zero attached hydrogens (tertiary/aromatic N) is 1. The van der Waals surface area contributed by atoms with Crippen LogP contribution in [0.5, 0.6) is 5.75 Å². The van der Waals surface area contributed by atoms with Crippen molar-refractivity contribution in [3.05, 3.63) is 28.2 Å². The van der Waals surface area contributed by atoms with Gasteiger partial charge in [-0.2, -0.15) is 0 Å². The fraction of sp³-hybridized carbons (Fsp3) is 0.611. The Morgan fingerprint density at radius 2 is 2.27 bits per heavy atom. The van der Waals surface area contributed by atoms with Gasteiger partial charge in [0.05, 0.1) is 29.8 Å². The van der Waals surface area contributed by atoms with Crippen LogP contribution >= 0.6 is 23.2 Å². The number of ether oxygens (including phenoxy) is 2. The van der Waals surface area contributed by atoms with Crippen molar-refractivity contribution in [2.24, 2.45) is 4.99 Å². The molecule has 0 aromatic heterocycles. The highest BCUT2D eigenvalue weighted by Crippen LogP contribution is 2.34. The zero-order valence-corrected chi connectivity index (χ0v) is 16.3. The first-order valence-electron chi connectivity index (χ1n) is 9.02. The van der Waals surface area contributed by atoms with Gasteiger partial charge in [0.15, 0.2) is 5.96 Å². The maximum atomic E-state index is 10.2. The highest BCUT2D eigenvalue weighted by atomic mass is 35.5. The van der Waals surface area contributed by atoms with Crippen molar-refractivity contribution in [2.75, 3.05) is 19.7 Å². The monoisotopic (exact) mass is 401 g/mol. The van der Waals surface area contributed by atoms with Crippen molar-refractivity contribution in [2.45, 2.75) is 50.5 Å². The molecular formula is C18H25Cl2N3O3. The van der Waals surface area contributed by atoms with Crippen LogP contribution in [-0.4, -0.2) is 55.1 Å². The first-order valence-corrected chi connectivity index (χ1v) is 9.77. The molecule has 2 aliphatic heterocycles. The molecule has 1 aromatic rings. The van der Waals surface area contributed by atoms with Crippen molar-refractivity contribution in [3.8, 4) is 5.75 Å². The van der Waals surface area contributed by atoms with Crippen molar-refractivity contribution in [1.29, 1.82) is 0 Å². The number of halogens is 2. The fourth-order valence-electron chi connectivity index (χ4n) is 3.32. The molecule has 2 heterocycles. The van der Waals surface area contributed by atoms with E-state index in [1.807, 2.05) is 6.92 Å². The smallest absolute Gasteiger partial charge is 0.191 e. The van der Waals surface area contributed by atoms with E-state index in [0.29, 0.717) is 27.9 Å². The molecule has 8 heteroatoms. The molecule has 0 radical (unpaired) electrons. The van der Waals surface area contributed by atoms with Crippen LogP contribution in [-0.2, 0) is 4.74 Å². The Hall–Kier alpha value is -1.21. The third-order valence-electron chi connectivity index (χ3n) is 4.58. The first-order chi connectivity index (χ1) is 12.6. The molecule has 0 amide bonds. The van der Waals surface area contributed by atoms with Crippen LogP contribution < -0.4 is 15.4 Å². The van der Waals surface area contributed by atoms with Crippen molar-refractivity contribution >= 4 is 29.2 Å². The van der Waals surface area contributed by atoms with E-state index >= 15 is 0 Å². The largest absolute Gasteiger partial charge is 0.489 e. The van der Waals surface area contributed by atoms with Crippen LogP contribution in [0.1, 0.15) is 26.2 Å². The molecule has 0 aliphatic carbocycles. The highest BCUT2D eigenvalue weighted by molar-refractivity contribution is 6.42. The van der Waals surface area contributed by atoms with E-state index < -0.39 is 6.10 Å². The summed E-state index contributed by atoms with van der Waals surface area (Å²) in [6.45, 7) is 3.06. The minimum absolute atomic E-state index is 0.0835. The number of hydrogen-bond acceptors (Lipinski definition) is 4. The zero-order valence-electron chi connectivity index (χ0n) is 14.8. The molecule has 6 nitrogen and oxygen atoms in total. The molecule has 3 N–H and O–H groups in total. The van der Waals surface area contributed by atoms with Gasteiger partial charge in [0.25, 0.3) is 0 Å². The molecule has 144 valence electrons. The summed E-state index contributed by atoms with van der Waals surface area (Å²) in [5.41, 5.74) is 0. The number of aliphatic hydroxyl groups excluding tert-OH is 1. The lowest BCUT2D eigenvalue weighted by Gasteiger charge is -2.23. The fourth-order valence-corrected chi connectivity index (χ4v) is 3.66. The third kappa shape index (κ3) is 4.94. The van der Waals surface area contributed by atoms with E-state index in [-0.39, 0.29) is 25.3 Å². The molecule has 2 aliphatic rings. The van der Waals surface area contributed by atoms with Gasteiger partial charge < -0.3 is 25.2 Å². The zero-order chi connectivity index (χ0) is 18.5. The summed E-state index contributed by atoms with van der Waals surface area (Å²) in [5, 5.41) is 17.6. The van der Waals surface area contributed by atoms with E-state index in [1.54, 1.807) is 18.2 Å². The number of fused-ring (bicyclic) bond motifs is 2. The Morgan fingerprint density at radius 1 is 1.42 bits per heavy atom. The number of rotatable bonds is 7. The summed E-state index contributed by atoms with van der Waals surface area (Å²) in [4.78, 5) is 4.46. The molecule has 3 rings (SSSR count). The third-order valence-corrected chi connectivity index (χ3v) is 5.38. The lowest BCUT2D eigenvalue weighted by atomic mass is 9.96. The maximum Gasteiger partial charge on any atom is 0.191 e. The van der Waals surface area contributed by atoms with E-state index in [0.717, 1.165) is 25.8 Å². The van der Waals surface area contributed by atoms with Crippen molar-refractivity contribution in [1.82, 2.24) is 10.6 Å². The normalized spacial score (nSPS) is 26.0. The minimum atomic E-state index is -0.753. The summed E-state index contributed by atoms with van der Waals surface area (Å²) in [6.07, 6.45) is 3.14. The van der Waals surface area contributed by atoms with E-state index in [9.17, 15) is 5.11 Å². The van der Waals surface area contributed by atoms with Gasteiger partial charge >= 0.3 is 0 Å². The Balaban J connectivity index is 1.49. The minimum Gasteiger partial charge on any atom is -0.489 e. The molecule has 4 unspecified atom stereocenters. The van der Waals surface area contributed by atoms with Gasteiger partial charge in [-0.1, -0.05) is 29.3 Å². The number of hydrogen-bond donors (Lipinski definition) is 3. The summed E-state index contributed by atoms with van der Waals surface area (Å²) < 4.78 is 11.4. The quantitative estimate of drug-likeness (QED) is 0.483. The van der Waals surface area contributed by atoms with Gasteiger partial charge in [0, 0.05) is 6.54 Å². The van der Waals surface area contributed by atoms with Crippen molar-refractivity contribution in [3.63, 3.8) is 0 Å². The van der Waals surface area contributed by atoms with Crippen LogP contribution in [0, 0.1) is 0 Å². The number of benzene rings is 1. The standard InChI is InChI=1S/C18H25Cl2N3O3/c1-2-21-18(23-14-8-12-6-7-15(14)26-12)22-9-11(24)10-25-16-5-3-4-13(19)17(16)20/h3-5,11-12,14-15,24H,2,6-10H2,1H3,(H2,21,22,23). The molecule has 0 saturated carbocycles. The average Bonchev–Trinajstić information content (AvgIpc) is 3.24. The Kier molecular flexibility index (Phi) is 6.86. The van der Waals surface area contributed by atoms with Crippen LogP contribution in [0.2, 0.25) is 10.0 Å². The lowest BCUT2D eigenvalue weighted by molar-refractivity contribution is 0.0991. The van der Waals surface area contributed by atoms with E-state index in [4.69, 9.17) is 32.7 Å². The molecule has 2 bridgehead atoms. The first kappa shape index (κ1) is 19.5. The van der Waals surface area contributed by atoms with Gasteiger partial charge in [-0.25, -0.2) is 0 Å². The van der Waals surface area contributed by atoms with Gasteiger partial charge in [-0.3, -0.25) is 4.99 Å². The van der Waals surface area contributed by atoms with E-state index in [1.165, 1.54) is 0 Å². The second kappa shape index (κ2) is 9.13. The van der Waals surface area contributed by atoms with Crippen LogP contribution in [0.4, 0.5) is 0 Å². The summed E-state index contributed by atoms with van der Waals surface area (Å²) in [7, 11) is 0. The average molecular weight is 402 g/mol. The maximum absolute atomic E-state index is 10.2. The molecular weight excluding hydrogens is 377 g/mol. The molecule has 4 atom stereocenters. The van der Waals surface area contributed by atoms with Crippen LogP contribution in [0.25, 0.3) is 0 Å². The molecule has 0 spiro atoms. The second-order valence-electron chi connectivity index (χ2n) is 6.60. The van der Waals surface area contributed by atoms with E-state index in [2.05, 4.69) is 15.6 Å². The number of aliphatic hydroxyl groups is 1. The topological polar surface area (TPSA) is 75.1 Å². The van der Waals surface area contributed by atoms with Gasteiger partial charge in [0.1, 0.15) is 23.5 Å². The van der Waals surface area contributed by atoms with Crippen LogP contribution in [0.15, 0.2) is 23.2 Å². The van der Waals surface area contributed by atoms with Gasteiger partial charge in [0.2, 0.25) is 0 Å². The predicted molar refractivity (Wildman–Crippen MR) is 103 cm³/mol. The highest BCUT2D eigenvalue weighted by Gasteiger charge is 2.41. The lowest BCUT2D eigenvalue weighted by Crippen LogP contribution is -2.47. The molecule has 1 aromatic carbocycles. The number of guanidine groups is 1. The van der Waals surface area contributed by atoms with Crippen molar-refractivity contribution < 1.29 is 14.6 Å². The SMILES string of the molecule is CCNC(=NCC(O)COc1cccc(Cl)c1Cl)NC1CC2CCC1O2. The molecule has 26 heavy (non-hydrogen) atoms. The molecule has 2 fully saturated rings. The predicted octanol–water partition coefficient (Wildman–Crippen LogP) is 2.61. The van der Waals surface area contributed by atoms with Gasteiger partial charge in [-0.05, 0) is 38.3 Å². The summed E-state index contributed by atoms with van der Waals surface area (Å²) >= 11 is 12.0. The number of aliphatic imine (C=N–C) groups is 1. The number of nitrogens with one attached hydrogen (secondary N) is 2. The Bertz CT molecular complexity index is 644.